The fourth-order valence-corrected chi connectivity index (χ4v) is 2.40. The van der Waals surface area contributed by atoms with Gasteiger partial charge in [-0.1, -0.05) is 11.6 Å². The molecule has 0 radical (unpaired) electrons. The molecule has 2 rings (SSSR count). The van der Waals surface area contributed by atoms with Crippen LogP contribution in [-0.4, -0.2) is 30.4 Å². The fourth-order valence-electron chi connectivity index (χ4n) is 2.14. The lowest BCUT2D eigenvalue weighted by Gasteiger charge is -2.16. The Hall–Kier alpha value is -1.72. The molecule has 6 heteroatoms. The molecule has 0 aliphatic heterocycles. The van der Waals surface area contributed by atoms with Gasteiger partial charge in [0.25, 0.3) is 0 Å². The average molecular weight is 310 g/mol. The highest BCUT2D eigenvalue weighted by atomic mass is 35.5. The Morgan fingerprint density at radius 2 is 2.14 bits per heavy atom. The summed E-state index contributed by atoms with van der Waals surface area (Å²) in [5.74, 6) is 1.41. The molecule has 0 saturated heterocycles. The third-order valence-electron chi connectivity index (χ3n) is 3.14. The summed E-state index contributed by atoms with van der Waals surface area (Å²) in [7, 11) is 3.29. The van der Waals surface area contributed by atoms with Gasteiger partial charge in [-0.15, -0.1) is 0 Å². The van der Waals surface area contributed by atoms with E-state index in [9.17, 15) is 0 Å². The van der Waals surface area contributed by atoms with Crippen LogP contribution >= 0.6 is 11.6 Å². The second kappa shape index (κ2) is 6.83. The predicted molar refractivity (Wildman–Crippen MR) is 84.8 cm³/mol. The van der Waals surface area contributed by atoms with Crippen molar-refractivity contribution >= 4 is 23.2 Å². The first-order valence-corrected chi connectivity index (χ1v) is 7.08. The number of benzene rings is 1. The van der Waals surface area contributed by atoms with Crippen LogP contribution in [0.5, 0.6) is 5.75 Å². The number of anilines is 2. The van der Waals surface area contributed by atoms with Crippen molar-refractivity contribution < 1.29 is 9.47 Å². The number of halogens is 1. The van der Waals surface area contributed by atoms with Crippen molar-refractivity contribution in [3.63, 3.8) is 0 Å². The van der Waals surface area contributed by atoms with Gasteiger partial charge in [0.15, 0.2) is 0 Å². The van der Waals surface area contributed by atoms with Gasteiger partial charge in [0.05, 0.1) is 30.5 Å². The lowest BCUT2D eigenvalue weighted by atomic mass is 10.3. The van der Waals surface area contributed by atoms with Gasteiger partial charge in [-0.2, -0.15) is 0 Å². The van der Waals surface area contributed by atoms with Crippen LogP contribution in [-0.2, 0) is 4.74 Å². The van der Waals surface area contributed by atoms with E-state index in [2.05, 4.69) is 21.8 Å². The second-order valence-electron chi connectivity index (χ2n) is 4.89. The van der Waals surface area contributed by atoms with E-state index in [0.29, 0.717) is 17.4 Å². The fraction of sp³-hybridized carbons (Fsp3) is 0.400. The van der Waals surface area contributed by atoms with Crippen LogP contribution in [0.25, 0.3) is 0 Å². The summed E-state index contributed by atoms with van der Waals surface area (Å²) < 4.78 is 12.4. The molecule has 0 fully saturated rings. The Balaban J connectivity index is 2.25. The molecule has 5 nitrogen and oxygen atoms in total. The van der Waals surface area contributed by atoms with Gasteiger partial charge >= 0.3 is 0 Å². The van der Waals surface area contributed by atoms with E-state index < -0.39 is 0 Å². The molecule has 1 aromatic carbocycles. The smallest absolute Gasteiger partial charge is 0.207 e. The van der Waals surface area contributed by atoms with E-state index in [0.717, 1.165) is 17.3 Å². The summed E-state index contributed by atoms with van der Waals surface area (Å²) >= 11 is 6.14. The topological polar surface area (TPSA) is 48.3 Å². The van der Waals surface area contributed by atoms with Gasteiger partial charge in [-0.25, -0.2) is 4.98 Å². The van der Waals surface area contributed by atoms with E-state index in [-0.39, 0.29) is 6.04 Å². The van der Waals surface area contributed by atoms with Gasteiger partial charge in [0.2, 0.25) is 5.95 Å². The molecule has 0 spiro atoms. The molecule has 0 saturated carbocycles. The number of hydrogen-bond donors (Lipinski definition) is 1. The van der Waals surface area contributed by atoms with Gasteiger partial charge in [-0.3, -0.25) is 0 Å². The normalized spacial score (nSPS) is 12.2. The van der Waals surface area contributed by atoms with Crippen molar-refractivity contribution in [2.24, 2.45) is 0 Å². The molecule has 0 amide bonds. The van der Waals surface area contributed by atoms with Crippen LogP contribution < -0.4 is 10.1 Å². The molecule has 1 aromatic heterocycles. The van der Waals surface area contributed by atoms with Crippen LogP contribution in [0.3, 0.4) is 0 Å². The third kappa shape index (κ3) is 3.68. The maximum atomic E-state index is 6.14. The lowest BCUT2D eigenvalue weighted by molar-refractivity contribution is 0.163. The Morgan fingerprint density at radius 3 is 2.76 bits per heavy atom. The minimum Gasteiger partial charge on any atom is -0.495 e. The number of methoxy groups -OCH3 is 2. The monoisotopic (exact) mass is 309 g/mol. The van der Waals surface area contributed by atoms with Crippen molar-refractivity contribution in [2.45, 2.75) is 19.9 Å². The minimum absolute atomic E-state index is 0.187. The number of nitrogens with one attached hydrogen (secondary N) is 1. The zero-order chi connectivity index (χ0) is 15.4. The summed E-state index contributed by atoms with van der Waals surface area (Å²) in [6.07, 6.45) is 2.00. The molecule has 0 aliphatic carbocycles. The summed E-state index contributed by atoms with van der Waals surface area (Å²) in [5.41, 5.74) is 1.80. The summed E-state index contributed by atoms with van der Waals surface area (Å²) in [5, 5.41) is 3.84. The third-order valence-corrected chi connectivity index (χ3v) is 3.44. The van der Waals surface area contributed by atoms with Gasteiger partial charge < -0.3 is 19.4 Å². The van der Waals surface area contributed by atoms with Crippen LogP contribution in [0.2, 0.25) is 5.02 Å². The number of ether oxygens (including phenoxy) is 2. The highest BCUT2D eigenvalue weighted by molar-refractivity contribution is 6.32. The van der Waals surface area contributed by atoms with E-state index in [1.807, 2.05) is 31.3 Å². The molecule has 2 aromatic rings. The van der Waals surface area contributed by atoms with E-state index in [1.165, 1.54) is 0 Å². The number of hydrogen-bond acceptors (Lipinski definition) is 4. The van der Waals surface area contributed by atoms with Crippen molar-refractivity contribution in [1.82, 2.24) is 9.55 Å². The SMILES string of the molecule is COCC(C)n1cc(C)nc1Nc1ccc(OC)c(Cl)c1. The largest absolute Gasteiger partial charge is 0.495 e. The predicted octanol–water partition coefficient (Wildman–Crippen LogP) is 3.80. The van der Waals surface area contributed by atoms with Crippen LogP contribution in [0.1, 0.15) is 18.7 Å². The number of aromatic nitrogens is 2. The summed E-state index contributed by atoms with van der Waals surface area (Å²) in [4.78, 5) is 4.50. The maximum absolute atomic E-state index is 6.14. The molecule has 21 heavy (non-hydrogen) atoms. The number of imidazole rings is 1. The lowest BCUT2D eigenvalue weighted by Crippen LogP contribution is -2.12. The van der Waals surface area contributed by atoms with Crippen molar-refractivity contribution in [3.05, 3.63) is 35.1 Å². The molecule has 1 heterocycles. The zero-order valence-corrected chi connectivity index (χ0v) is 13.4. The first-order valence-electron chi connectivity index (χ1n) is 6.70. The van der Waals surface area contributed by atoms with Crippen molar-refractivity contribution in [2.75, 3.05) is 26.1 Å². The van der Waals surface area contributed by atoms with Crippen LogP contribution in [0.4, 0.5) is 11.6 Å². The van der Waals surface area contributed by atoms with Crippen LogP contribution in [0, 0.1) is 6.92 Å². The molecular weight excluding hydrogens is 290 g/mol. The highest BCUT2D eigenvalue weighted by Crippen LogP contribution is 2.29. The molecule has 114 valence electrons. The second-order valence-corrected chi connectivity index (χ2v) is 5.30. The van der Waals surface area contributed by atoms with Gasteiger partial charge in [-0.05, 0) is 32.0 Å². The van der Waals surface area contributed by atoms with Crippen LogP contribution in [0.15, 0.2) is 24.4 Å². The summed E-state index contributed by atoms with van der Waals surface area (Å²) in [6.45, 7) is 4.66. The Bertz CT molecular complexity index is 613. The first-order chi connectivity index (χ1) is 10.0. The molecule has 1 unspecified atom stereocenters. The molecule has 0 aliphatic rings. The van der Waals surface area contributed by atoms with Gasteiger partial charge in [0, 0.05) is 19.0 Å². The average Bonchev–Trinajstić information content (AvgIpc) is 2.80. The Morgan fingerprint density at radius 1 is 1.38 bits per heavy atom. The quantitative estimate of drug-likeness (QED) is 0.881. The minimum atomic E-state index is 0.187. The molecule has 0 bridgehead atoms. The van der Waals surface area contributed by atoms with Gasteiger partial charge in [0.1, 0.15) is 5.75 Å². The number of nitrogens with zero attached hydrogens (tertiary/aromatic N) is 2. The summed E-state index contributed by atoms with van der Waals surface area (Å²) in [6, 6.07) is 5.73. The number of rotatable bonds is 6. The highest BCUT2D eigenvalue weighted by Gasteiger charge is 2.12. The first kappa shape index (κ1) is 15.7. The van der Waals surface area contributed by atoms with Crippen molar-refractivity contribution in [1.29, 1.82) is 0 Å². The Kier molecular flexibility index (Phi) is 5.09. The number of aryl methyl sites for hydroxylation is 1. The maximum Gasteiger partial charge on any atom is 0.207 e. The Labute approximate surface area is 129 Å². The molecule has 1 atom stereocenters. The van der Waals surface area contributed by atoms with E-state index >= 15 is 0 Å². The van der Waals surface area contributed by atoms with Crippen molar-refractivity contribution in [3.8, 4) is 5.75 Å². The zero-order valence-electron chi connectivity index (χ0n) is 12.7. The molecule has 1 N–H and O–H groups in total. The standard InChI is InChI=1S/C15H20ClN3O2/c1-10-8-19(11(2)9-20-3)15(17-10)18-12-5-6-14(21-4)13(16)7-12/h5-8,11H,9H2,1-4H3,(H,17,18). The molecular formula is C15H20ClN3O2. The van der Waals surface area contributed by atoms with E-state index in [1.54, 1.807) is 14.2 Å². The van der Waals surface area contributed by atoms with E-state index in [4.69, 9.17) is 21.1 Å².